The fourth-order valence-electron chi connectivity index (χ4n) is 1.18. The van der Waals surface area contributed by atoms with Crippen LogP contribution in [0.2, 0.25) is 0 Å². The van der Waals surface area contributed by atoms with Gasteiger partial charge >= 0.3 is 65.1 Å². The average Bonchev–Trinajstić information content (AvgIpc) is 2.27. The molecule has 8 heteroatoms. The Kier molecular flexibility index (Phi) is 7.38. The van der Waals surface area contributed by atoms with E-state index in [1.807, 2.05) is 0 Å². The van der Waals surface area contributed by atoms with Crippen molar-refractivity contribution in [2.45, 2.75) is 19.4 Å². The topological polar surface area (TPSA) is 107 Å². The van der Waals surface area contributed by atoms with Crippen molar-refractivity contribution in [2.75, 3.05) is 0 Å². The van der Waals surface area contributed by atoms with Crippen molar-refractivity contribution < 1.29 is 88.4 Å². The van der Waals surface area contributed by atoms with E-state index in [0.717, 1.165) is 6.92 Å². The van der Waals surface area contributed by atoms with Crippen LogP contribution in [-0.4, -0.2) is 24.0 Å². The summed E-state index contributed by atoms with van der Waals surface area (Å²) >= 11 is 0. The summed E-state index contributed by atoms with van der Waals surface area (Å²) in [6, 6.07) is 0. The van der Waals surface area contributed by atoms with E-state index in [9.17, 15) is 24.6 Å². The van der Waals surface area contributed by atoms with Crippen LogP contribution in [0.25, 0.3) is 0 Å². The van der Waals surface area contributed by atoms with E-state index in [-0.39, 0.29) is 59.1 Å². The summed E-state index contributed by atoms with van der Waals surface area (Å²) in [5, 5.41) is 20.9. The van der Waals surface area contributed by atoms with Crippen LogP contribution in [0.15, 0.2) is 0 Å². The first kappa shape index (κ1) is 17.8. The molecular formula is C7H6Na2O6. The standard InChI is InChI=1S/C7H8O6.2Na/c1-7(6(11)12)2-3(8)13-4(7)5(9)10;;/h4H,2H2,1H3,(H,9,10)(H,11,12);;/q;2*+1/p-2/t4-,7+;;/m1../s1. The van der Waals surface area contributed by atoms with Gasteiger partial charge in [-0.1, -0.05) is 0 Å². The molecule has 15 heavy (non-hydrogen) atoms. The predicted molar refractivity (Wildman–Crippen MR) is 32.6 cm³/mol. The van der Waals surface area contributed by atoms with Crippen LogP contribution in [0.3, 0.4) is 0 Å². The van der Waals surface area contributed by atoms with E-state index < -0.39 is 35.8 Å². The maximum Gasteiger partial charge on any atom is 1.00 e. The van der Waals surface area contributed by atoms with Gasteiger partial charge in [0, 0.05) is 0 Å². The molecule has 0 bridgehead atoms. The van der Waals surface area contributed by atoms with Crippen molar-refractivity contribution >= 4 is 17.9 Å². The monoisotopic (exact) mass is 232 g/mol. The van der Waals surface area contributed by atoms with E-state index >= 15 is 0 Å². The van der Waals surface area contributed by atoms with E-state index in [1.54, 1.807) is 0 Å². The Morgan fingerprint density at radius 1 is 1.40 bits per heavy atom. The van der Waals surface area contributed by atoms with Crippen LogP contribution < -0.4 is 69.3 Å². The van der Waals surface area contributed by atoms with Gasteiger partial charge in [-0.2, -0.15) is 0 Å². The summed E-state index contributed by atoms with van der Waals surface area (Å²) in [5.74, 6) is -4.23. The molecule has 72 valence electrons. The van der Waals surface area contributed by atoms with Crippen molar-refractivity contribution in [3.05, 3.63) is 0 Å². The summed E-state index contributed by atoms with van der Waals surface area (Å²) < 4.78 is 4.28. The Hall–Kier alpha value is 0.410. The maximum atomic E-state index is 10.7. The summed E-state index contributed by atoms with van der Waals surface area (Å²) in [6.45, 7) is 1.08. The molecule has 0 aromatic rings. The molecule has 0 radical (unpaired) electrons. The normalized spacial score (nSPS) is 28.3. The molecular weight excluding hydrogens is 226 g/mol. The van der Waals surface area contributed by atoms with Gasteiger partial charge in [-0.05, 0) is 6.92 Å². The number of rotatable bonds is 2. The van der Waals surface area contributed by atoms with Crippen molar-refractivity contribution in [1.29, 1.82) is 0 Å². The summed E-state index contributed by atoms with van der Waals surface area (Å²) in [7, 11) is 0. The zero-order valence-corrected chi connectivity index (χ0v) is 12.7. The Morgan fingerprint density at radius 2 is 1.87 bits per heavy atom. The summed E-state index contributed by atoms with van der Waals surface area (Å²) in [5.41, 5.74) is -1.82. The second-order valence-electron chi connectivity index (χ2n) is 3.07. The fourth-order valence-corrected chi connectivity index (χ4v) is 1.18. The van der Waals surface area contributed by atoms with Crippen LogP contribution in [0.4, 0.5) is 0 Å². The van der Waals surface area contributed by atoms with E-state index in [1.165, 1.54) is 0 Å². The Bertz CT molecular complexity index is 291. The van der Waals surface area contributed by atoms with E-state index in [0.29, 0.717) is 0 Å². The average molecular weight is 232 g/mol. The van der Waals surface area contributed by atoms with Crippen molar-refractivity contribution in [2.24, 2.45) is 5.41 Å². The van der Waals surface area contributed by atoms with Gasteiger partial charge in [-0.15, -0.1) is 0 Å². The molecule has 0 unspecified atom stereocenters. The molecule has 1 aliphatic heterocycles. The summed E-state index contributed by atoms with van der Waals surface area (Å²) in [6.07, 6.45) is -2.27. The number of aliphatic carboxylic acids is 2. The van der Waals surface area contributed by atoms with Crippen LogP contribution in [0.1, 0.15) is 13.3 Å². The molecule has 1 saturated heterocycles. The first-order valence-electron chi connectivity index (χ1n) is 3.49. The zero-order chi connectivity index (χ0) is 10.2. The molecule has 1 rings (SSSR count). The number of carbonyl (C=O) groups is 3. The molecule has 1 heterocycles. The molecule has 6 nitrogen and oxygen atoms in total. The van der Waals surface area contributed by atoms with Crippen LogP contribution in [0, 0.1) is 5.41 Å². The number of ether oxygens (including phenoxy) is 1. The predicted octanol–water partition coefficient (Wildman–Crippen LogP) is -9.18. The Balaban J connectivity index is 0. The SMILES string of the molecule is C[C@]1(C(=O)[O-])CC(=O)O[C@@H]1C(=O)[O-].[Na+].[Na+]. The molecule has 2 atom stereocenters. The number of hydrogen-bond acceptors (Lipinski definition) is 6. The molecule has 0 saturated carbocycles. The molecule has 0 spiro atoms. The molecule has 1 aliphatic rings. The van der Waals surface area contributed by atoms with Gasteiger partial charge in [0.25, 0.3) is 0 Å². The minimum Gasteiger partial charge on any atom is -0.549 e. The second-order valence-corrected chi connectivity index (χ2v) is 3.07. The largest absolute Gasteiger partial charge is 1.00 e. The van der Waals surface area contributed by atoms with Crippen LogP contribution >= 0.6 is 0 Å². The van der Waals surface area contributed by atoms with Gasteiger partial charge < -0.3 is 24.5 Å². The zero-order valence-electron chi connectivity index (χ0n) is 8.73. The van der Waals surface area contributed by atoms with E-state index in [4.69, 9.17) is 0 Å². The molecule has 0 N–H and O–H groups in total. The Morgan fingerprint density at radius 3 is 2.13 bits per heavy atom. The summed E-state index contributed by atoms with van der Waals surface area (Å²) in [4.78, 5) is 31.6. The molecule has 0 amide bonds. The minimum absolute atomic E-state index is 0. The van der Waals surface area contributed by atoms with Gasteiger partial charge in [0.05, 0.1) is 23.8 Å². The maximum absolute atomic E-state index is 10.7. The quantitative estimate of drug-likeness (QED) is 0.345. The third-order valence-electron chi connectivity index (χ3n) is 2.02. The van der Waals surface area contributed by atoms with Gasteiger partial charge in [0.15, 0.2) is 6.10 Å². The van der Waals surface area contributed by atoms with Gasteiger partial charge in [0.1, 0.15) is 0 Å². The first-order chi connectivity index (χ1) is 5.88. The van der Waals surface area contributed by atoms with Crippen LogP contribution in [-0.2, 0) is 19.1 Å². The van der Waals surface area contributed by atoms with E-state index in [2.05, 4.69) is 4.74 Å². The van der Waals surface area contributed by atoms with Crippen molar-refractivity contribution in [1.82, 2.24) is 0 Å². The number of carbonyl (C=O) groups excluding carboxylic acids is 3. The molecule has 0 aromatic carbocycles. The van der Waals surface area contributed by atoms with Crippen molar-refractivity contribution in [3.63, 3.8) is 0 Å². The number of carboxylic acid groups (broad SMARTS) is 2. The minimum atomic E-state index is -1.82. The molecule has 1 fully saturated rings. The number of esters is 1. The third kappa shape index (κ3) is 3.44. The van der Waals surface area contributed by atoms with Gasteiger partial charge in [-0.25, -0.2) is 0 Å². The first-order valence-corrected chi connectivity index (χ1v) is 3.49. The smallest absolute Gasteiger partial charge is 0.549 e. The van der Waals surface area contributed by atoms with Crippen molar-refractivity contribution in [3.8, 4) is 0 Å². The molecule has 0 aromatic heterocycles. The fraction of sp³-hybridized carbons (Fsp3) is 0.571. The number of hydrogen-bond donors (Lipinski definition) is 0. The number of carboxylic acids is 2. The number of cyclic esters (lactones) is 1. The van der Waals surface area contributed by atoms with Gasteiger partial charge in [-0.3, -0.25) is 4.79 Å². The van der Waals surface area contributed by atoms with Crippen LogP contribution in [0.5, 0.6) is 0 Å². The second kappa shape index (κ2) is 6.22. The molecule has 0 aliphatic carbocycles. The van der Waals surface area contributed by atoms with Gasteiger partial charge in [0.2, 0.25) is 0 Å². The third-order valence-corrected chi connectivity index (χ3v) is 2.02. The Labute approximate surface area is 130 Å².